The van der Waals surface area contributed by atoms with Crippen molar-refractivity contribution in [2.45, 2.75) is 39.3 Å². The number of aromatic nitrogens is 5. The highest BCUT2D eigenvalue weighted by molar-refractivity contribution is 6.33. The van der Waals surface area contributed by atoms with Gasteiger partial charge in [-0.2, -0.15) is 22.8 Å². The molecule has 1 unspecified atom stereocenters. The maximum atomic E-state index is 15.0. The maximum Gasteiger partial charge on any atom is 0.425 e. The summed E-state index contributed by atoms with van der Waals surface area (Å²) in [6.45, 7) is 1.62. The number of hydrogen-bond acceptors (Lipinski definition) is 7. The quantitative estimate of drug-likeness (QED) is 0.474. The lowest BCUT2D eigenvalue weighted by molar-refractivity contribution is -0.190. The van der Waals surface area contributed by atoms with Gasteiger partial charge in [0.2, 0.25) is 5.88 Å². The summed E-state index contributed by atoms with van der Waals surface area (Å²) >= 11 is 5.94. The molecule has 0 aliphatic heterocycles. The Hall–Kier alpha value is -3.52. The third-order valence-corrected chi connectivity index (χ3v) is 4.86. The molecule has 0 saturated heterocycles. The molecule has 1 atom stereocenters. The highest BCUT2D eigenvalue weighted by Gasteiger charge is 2.39. The number of halogens is 5. The molecule has 3 aromatic rings. The van der Waals surface area contributed by atoms with Gasteiger partial charge in [0.15, 0.2) is 23.6 Å². The van der Waals surface area contributed by atoms with Crippen LogP contribution in [-0.4, -0.2) is 47.6 Å². The van der Waals surface area contributed by atoms with Gasteiger partial charge in [-0.15, -0.1) is 5.10 Å². The van der Waals surface area contributed by atoms with Crippen molar-refractivity contribution in [2.24, 2.45) is 0 Å². The molecule has 10 nitrogen and oxygen atoms in total. The molecule has 0 radical (unpaired) electrons. The highest BCUT2D eigenvalue weighted by Crippen LogP contribution is 2.29. The first-order valence-corrected chi connectivity index (χ1v) is 10.00. The van der Waals surface area contributed by atoms with Gasteiger partial charge in [-0.1, -0.05) is 11.6 Å². The van der Waals surface area contributed by atoms with Crippen LogP contribution in [0.3, 0.4) is 0 Å². The molecule has 2 N–H and O–H groups in total. The summed E-state index contributed by atoms with van der Waals surface area (Å²) in [5.41, 5.74) is -1.62. The van der Waals surface area contributed by atoms with Crippen LogP contribution in [0.25, 0.3) is 5.82 Å². The number of nitrogens with one attached hydrogen (secondary N) is 1. The number of carbonyl (C=O) groups excluding carboxylic acids is 1. The van der Waals surface area contributed by atoms with E-state index in [-0.39, 0.29) is 23.1 Å². The SMILES string of the molecule is CCn1c(CO)nn(-c2nc(OC(C)C(F)(F)F)c(C(=O)Nc3cnccc3Cl)cc2F)c1=O. The molecular weight excluding hydrogens is 488 g/mol. The normalized spacial score (nSPS) is 12.5. The van der Waals surface area contributed by atoms with E-state index in [1.54, 1.807) is 6.92 Å². The molecule has 0 fully saturated rings. The summed E-state index contributed by atoms with van der Waals surface area (Å²) in [6.07, 6.45) is -4.78. The van der Waals surface area contributed by atoms with Gasteiger partial charge < -0.3 is 15.2 Å². The zero-order valence-electron chi connectivity index (χ0n) is 17.6. The summed E-state index contributed by atoms with van der Waals surface area (Å²) < 4.78 is 60.6. The molecule has 15 heteroatoms. The van der Waals surface area contributed by atoms with E-state index in [9.17, 15) is 32.3 Å². The number of alkyl halides is 3. The lowest BCUT2D eigenvalue weighted by atomic mass is 10.2. The number of aliphatic hydroxyl groups excluding tert-OH is 1. The fourth-order valence-electron chi connectivity index (χ4n) is 2.77. The standard InChI is InChI=1S/C19H17ClF4N6O4/c1-3-29-14(8-31)28-30(18(29)33)15-12(21)6-10(17(27-15)34-9(2)19(22,23)24)16(32)26-13-7-25-5-4-11(13)20/h4-7,9,31H,3,8H2,1-2H3,(H,26,32). The Morgan fingerprint density at radius 2 is 2.09 bits per heavy atom. The number of carbonyl (C=O) groups is 1. The van der Waals surface area contributed by atoms with Gasteiger partial charge in [0, 0.05) is 12.7 Å². The van der Waals surface area contributed by atoms with Gasteiger partial charge in [0.05, 0.1) is 16.9 Å². The second-order valence-electron chi connectivity index (χ2n) is 6.77. The molecule has 3 heterocycles. The Morgan fingerprint density at radius 3 is 2.65 bits per heavy atom. The van der Waals surface area contributed by atoms with E-state index in [0.717, 1.165) is 4.57 Å². The smallest absolute Gasteiger partial charge is 0.425 e. The number of nitrogens with zero attached hydrogens (tertiary/aromatic N) is 5. The van der Waals surface area contributed by atoms with E-state index in [1.165, 1.54) is 18.5 Å². The Bertz CT molecular complexity index is 1280. The van der Waals surface area contributed by atoms with Crippen molar-refractivity contribution in [3.8, 4) is 11.7 Å². The second kappa shape index (κ2) is 9.77. The van der Waals surface area contributed by atoms with Crippen LogP contribution in [0.4, 0.5) is 23.2 Å². The summed E-state index contributed by atoms with van der Waals surface area (Å²) in [5.74, 6) is -4.23. The fourth-order valence-corrected chi connectivity index (χ4v) is 2.92. The predicted octanol–water partition coefficient (Wildman–Crippen LogP) is 2.71. The number of ether oxygens (including phenoxy) is 1. The number of aliphatic hydroxyl groups is 1. The van der Waals surface area contributed by atoms with Crippen molar-refractivity contribution in [1.82, 2.24) is 24.3 Å². The first kappa shape index (κ1) is 25.1. The Morgan fingerprint density at radius 1 is 1.38 bits per heavy atom. The monoisotopic (exact) mass is 504 g/mol. The van der Waals surface area contributed by atoms with Crippen molar-refractivity contribution in [2.75, 3.05) is 5.32 Å². The lowest BCUT2D eigenvalue weighted by Crippen LogP contribution is -2.33. The third kappa shape index (κ3) is 5.02. The van der Waals surface area contributed by atoms with E-state index in [1.807, 2.05) is 0 Å². The molecule has 0 aromatic carbocycles. The van der Waals surface area contributed by atoms with Crippen molar-refractivity contribution in [3.63, 3.8) is 0 Å². The van der Waals surface area contributed by atoms with Crippen molar-refractivity contribution in [3.05, 3.63) is 57.2 Å². The van der Waals surface area contributed by atoms with Gasteiger partial charge >= 0.3 is 11.9 Å². The van der Waals surface area contributed by atoms with Crippen LogP contribution in [0.5, 0.6) is 5.88 Å². The van der Waals surface area contributed by atoms with Crippen LogP contribution in [-0.2, 0) is 13.2 Å². The van der Waals surface area contributed by atoms with Gasteiger partial charge in [0.1, 0.15) is 12.2 Å². The van der Waals surface area contributed by atoms with Crippen LogP contribution in [0.2, 0.25) is 5.02 Å². The van der Waals surface area contributed by atoms with Gasteiger partial charge in [-0.25, -0.2) is 9.18 Å². The molecule has 0 spiro atoms. The van der Waals surface area contributed by atoms with Crippen LogP contribution in [0.15, 0.2) is 29.3 Å². The number of hydrogen-bond donors (Lipinski definition) is 2. The van der Waals surface area contributed by atoms with E-state index in [4.69, 9.17) is 16.3 Å². The first-order chi connectivity index (χ1) is 16.0. The van der Waals surface area contributed by atoms with E-state index in [2.05, 4.69) is 20.4 Å². The average Bonchev–Trinajstić information content (AvgIpc) is 3.10. The summed E-state index contributed by atoms with van der Waals surface area (Å²) in [6, 6.07) is 1.90. The number of rotatable bonds is 7. The maximum absolute atomic E-state index is 15.0. The minimum Gasteiger partial charge on any atom is -0.464 e. The Balaban J connectivity index is 2.14. The molecule has 0 saturated carbocycles. The predicted molar refractivity (Wildman–Crippen MR) is 111 cm³/mol. The number of anilines is 1. The zero-order valence-corrected chi connectivity index (χ0v) is 18.4. The molecule has 182 valence electrons. The van der Waals surface area contributed by atoms with Crippen molar-refractivity contribution in [1.29, 1.82) is 0 Å². The van der Waals surface area contributed by atoms with E-state index in [0.29, 0.717) is 17.7 Å². The lowest BCUT2D eigenvalue weighted by Gasteiger charge is -2.19. The van der Waals surface area contributed by atoms with Crippen LogP contribution in [0.1, 0.15) is 30.0 Å². The summed E-state index contributed by atoms with van der Waals surface area (Å²) in [5, 5.41) is 15.5. The summed E-state index contributed by atoms with van der Waals surface area (Å²) in [4.78, 5) is 32.7. The Kier molecular flexibility index (Phi) is 7.21. The topological polar surface area (TPSA) is 124 Å². The highest BCUT2D eigenvalue weighted by atomic mass is 35.5. The summed E-state index contributed by atoms with van der Waals surface area (Å²) in [7, 11) is 0. The van der Waals surface area contributed by atoms with Crippen LogP contribution in [0, 0.1) is 5.82 Å². The molecule has 3 aromatic heterocycles. The number of amides is 1. The molecule has 0 aliphatic carbocycles. The third-order valence-electron chi connectivity index (χ3n) is 4.53. The average molecular weight is 505 g/mol. The van der Waals surface area contributed by atoms with Gasteiger partial charge in [-0.3, -0.25) is 14.3 Å². The van der Waals surface area contributed by atoms with Crippen LogP contribution < -0.4 is 15.7 Å². The molecule has 3 rings (SSSR count). The van der Waals surface area contributed by atoms with Crippen molar-refractivity contribution < 1.29 is 32.2 Å². The Labute approximate surface area is 193 Å². The van der Waals surface area contributed by atoms with Gasteiger partial charge in [-0.05, 0) is 26.0 Å². The van der Waals surface area contributed by atoms with E-state index < -0.39 is 53.6 Å². The largest absolute Gasteiger partial charge is 0.464 e. The number of pyridine rings is 2. The van der Waals surface area contributed by atoms with Gasteiger partial charge in [0.25, 0.3) is 5.91 Å². The van der Waals surface area contributed by atoms with E-state index >= 15 is 0 Å². The van der Waals surface area contributed by atoms with Crippen LogP contribution >= 0.6 is 11.6 Å². The fraction of sp³-hybridized carbons (Fsp3) is 0.316. The molecule has 1 amide bonds. The molecule has 0 aliphatic rings. The minimum absolute atomic E-state index is 0.000956. The minimum atomic E-state index is -4.85. The molecular formula is C19H17ClF4N6O4. The first-order valence-electron chi connectivity index (χ1n) is 9.62. The molecule has 34 heavy (non-hydrogen) atoms. The molecule has 0 bridgehead atoms. The zero-order chi connectivity index (χ0) is 25.2. The van der Waals surface area contributed by atoms with Crippen molar-refractivity contribution >= 4 is 23.2 Å². The second-order valence-corrected chi connectivity index (χ2v) is 7.18.